The van der Waals surface area contributed by atoms with E-state index in [9.17, 15) is 0 Å². The van der Waals surface area contributed by atoms with E-state index >= 15 is 0 Å². The highest BCUT2D eigenvalue weighted by atomic mass is 14.6. The number of hydrogen-bond acceptors (Lipinski definition) is 1. The van der Waals surface area contributed by atoms with Gasteiger partial charge in [-0.15, -0.1) is 6.58 Å². The molecule has 0 aliphatic carbocycles. The summed E-state index contributed by atoms with van der Waals surface area (Å²) in [5.74, 6) is 0. The average Bonchev–Trinajstić information content (AvgIpc) is 2.68. The fourth-order valence-electron chi connectivity index (χ4n) is 2.03. The third-order valence-corrected chi connectivity index (χ3v) is 3.60. The van der Waals surface area contributed by atoms with Crippen LogP contribution in [-0.4, -0.2) is 4.98 Å². The summed E-state index contributed by atoms with van der Waals surface area (Å²) >= 11 is 0. The van der Waals surface area contributed by atoms with Crippen molar-refractivity contribution >= 4 is 11.1 Å². The Morgan fingerprint density at radius 1 is 0.963 bits per heavy atom. The third-order valence-electron chi connectivity index (χ3n) is 3.60. The topological polar surface area (TPSA) is 12.9 Å². The van der Waals surface area contributed by atoms with E-state index in [0.717, 1.165) is 24.0 Å². The van der Waals surface area contributed by atoms with Crippen LogP contribution in [0.25, 0.3) is 11.1 Å². The molecule has 0 unspecified atom stereocenters. The Labute approximate surface area is 166 Å². The second-order valence-corrected chi connectivity index (χ2v) is 6.48. The molecule has 27 heavy (non-hydrogen) atoms. The monoisotopic (exact) mass is 361 g/mol. The zero-order valence-corrected chi connectivity index (χ0v) is 17.8. The molecule has 0 saturated carbocycles. The molecule has 0 saturated heterocycles. The minimum atomic E-state index is 1.00. The number of rotatable bonds is 5. The van der Waals surface area contributed by atoms with Crippen molar-refractivity contribution in [2.24, 2.45) is 0 Å². The number of aryl methyl sites for hydroxylation is 1. The largest absolute Gasteiger partial charge is 0.264 e. The zero-order valence-electron chi connectivity index (χ0n) is 17.8. The first-order valence-electron chi connectivity index (χ1n) is 9.46. The third kappa shape index (κ3) is 11.5. The Kier molecular flexibility index (Phi) is 13.1. The van der Waals surface area contributed by atoms with Crippen molar-refractivity contribution in [1.29, 1.82) is 0 Å². The molecule has 144 valence electrons. The van der Waals surface area contributed by atoms with Crippen LogP contribution in [-0.2, 0) is 6.42 Å². The maximum absolute atomic E-state index is 4.00. The predicted molar refractivity (Wildman–Crippen MR) is 124 cm³/mol. The van der Waals surface area contributed by atoms with Crippen molar-refractivity contribution in [3.8, 4) is 0 Å². The highest BCUT2D eigenvalue weighted by molar-refractivity contribution is 5.71. The zero-order chi connectivity index (χ0) is 20.7. The molecule has 0 aliphatic rings. The van der Waals surface area contributed by atoms with Crippen LogP contribution < -0.4 is 0 Å². The lowest BCUT2D eigenvalue weighted by Gasteiger charge is -2.03. The van der Waals surface area contributed by atoms with Crippen molar-refractivity contribution in [3.05, 3.63) is 103 Å². The summed E-state index contributed by atoms with van der Waals surface area (Å²) in [5.41, 5.74) is 7.13. The van der Waals surface area contributed by atoms with E-state index in [1.54, 1.807) is 6.20 Å². The molecule has 1 aromatic heterocycles. The summed E-state index contributed by atoms with van der Waals surface area (Å²) in [7, 11) is 0. The number of hydrogen-bond donors (Lipinski definition) is 0. The molecule has 1 aromatic carbocycles. The lowest BCUT2D eigenvalue weighted by Crippen LogP contribution is -1.83. The van der Waals surface area contributed by atoms with Gasteiger partial charge in [-0.3, -0.25) is 4.98 Å². The molecule has 0 spiro atoms. The molecule has 0 fully saturated rings. The van der Waals surface area contributed by atoms with Gasteiger partial charge in [0, 0.05) is 12.4 Å². The van der Waals surface area contributed by atoms with Gasteiger partial charge >= 0.3 is 0 Å². The molecular weight excluding hydrogens is 326 g/mol. The molecular formula is C26H35N. The Morgan fingerprint density at radius 2 is 1.56 bits per heavy atom. The van der Waals surface area contributed by atoms with Crippen molar-refractivity contribution < 1.29 is 0 Å². The van der Waals surface area contributed by atoms with Gasteiger partial charge in [0.2, 0.25) is 0 Å². The summed E-state index contributed by atoms with van der Waals surface area (Å²) in [6, 6.07) is 12.6. The van der Waals surface area contributed by atoms with Gasteiger partial charge in [0.05, 0.1) is 0 Å². The normalized spacial score (nSPS) is 9.52. The Bertz CT molecular complexity index is 715. The van der Waals surface area contributed by atoms with Crippen LogP contribution in [0.5, 0.6) is 0 Å². The first-order chi connectivity index (χ1) is 12.8. The second-order valence-electron chi connectivity index (χ2n) is 6.48. The van der Waals surface area contributed by atoms with Crippen LogP contribution in [0.2, 0.25) is 0 Å². The van der Waals surface area contributed by atoms with E-state index in [1.165, 1.54) is 22.3 Å². The second kappa shape index (κ2) is 14.5. The number of nitrogens with zero attached hydrogens (tertiary/aromatic N) is 1. The summed E-state index contributed by atoms with van der Waals surface area (Å²) in [6.07, 6.45) is 9.64. The number of aromatic nitrogens is 1. The number of pyridine rings is 1. The molecule has 0 amide bonds. The molecule has 1 heteroatoms. The van der Waals surface area contributed by atoms with Crippen molar-refractivity contribution in [2.45, 2.75) is 47.5 Å². The van der Waals surface area contributed by atoms with Crippen LogP contribution in [0, 0.1) is 0 Å². The van der Waals surface area contributed by atoms with Gasteiger partial charge in [0.15, 0.2) is 0 Å². The number of benzene rings is 1. The Morgan fingerprint density at radius 3 is 1.96 bits per heavy atom. The summed E-state index contributed by atoms with van der Waals surface area (Å²) in [6.45, 7) is 21.7. The summed E-state index contributed by atoms with van der Waals surface area (Å²) in [4.78, 5) is 3.99. The fourth-order valence-corrected chi connectivity index (χ4v) is 2.03. The van der Waals surface area contributed by atoms with Crippen molar-refractivity contribution in [1.82, 2.24) is 4.98 Å². The first-order valence-corrected chi connectivity index (χ1v) is 9.46. The van der Waals surface area contributed by atoms with E-state index in [1.807, 2.05) is 51.3 Å². The van der Waals surface area contributed by atoms with Gasteiger partial charge in [-0.25, -0.2) is 0 Å². The van der Waals surface area contributed by atoms with Crippen LogP contribution in [0.4, 0.5) is 0 Å². The van der Waals surface area contributed by atoms with Crippen LogP contribution in [0.15, 0.2) is 86.3 Å². The van der Waals surface area contributed by atoms with Gasteiger partial charge in [0.1, 0.15) is 0 Å². The summed E-state index contributed by atoms with van der Waals surface area (Å²) in [5, 5.41) is 0. The van der Waals surface area contributed by atoms with Crippen LogP contribution in [0.1, 0.15) is 57.7 Å². The van der Waals surface area contributed by atoms with Crippen LogP contribution >= 0.6 is 0 Å². The predicted octanol–water partition coefficient (Wildman–Crippen LogP) is 7.93. The van der Waals surface area contributed by atoms with Gasteiger partial charge in [0.25, 0.3) is 0 Å². The molecule has 2 aromatic rings. The Balaban J connectivity index is 0.000000421. The van der Waals surface area contributed by atoms with E-state index in [-0.39, 0.29) is 0 Å². The van der Waals surface area contributed by atoms with Crippen LogP contribution in [0.3, 0.4) is 0 Å². The molecule has 2 rings (SSSR count). The minimum Gasteiger partial charge on any atom is -0.264 e. The van der Waals surface area contributed by atoms with E-state index in [0.29, 0.717) is 0 Å². The smallest absolute Gasteiger partial charge is 0.0346 e. The average molecular weight is 362 g/mol. The quantitative estimate of drug-likeness (QED) is 0.389. The Hall–Kier alpha value is -2.67. The van der Waals surface area contributed by atoms with E-state index in [4.69, 9.17) is 0 Å². The first kappa shape index (κ1) is 24.3. The lowest BCUT2D eigenvalue weighted by atomic mass is 10.0. The van der Waals surface area contributed by atoms with Crippen molar-refractivity contribution in [3.63, 3.8) is 0 Å². The molecule has 0 radical (unpaired) electrons. The SMILES string of the molecule is C=C(/C=C\C)c1cccnc1.C=C(C)C.C=C(CC)c1ccc(CC)cc1. The van der Waals surface area contributed by atoms with Gasteiger partial charge in [-0.05, 0) is 67.5 Å². The van der Waals surface area contributed by atoms with E-state index < -0.39 is 0 Å². The fraction of sp³-hybridized carbons (Fsp3) is 0.269. The molecule has 1 heterocycles. The maximum Gasteiger partial charge on any atom is 0.0346 e. The van der Waals surface area contributed by atoms with Crippen molar-refractivity contribution in [2.75, 3.05) is 0 Å². The molecule has 1 nitrogen and oxygen atoms in total. The highest BCUT2D eigenvalue weighted by Crippen LogP contribution is 2.16. The molecule has 0 atom stereocenters. The lowest BCUT2D eigenvalue weighted by molar-refractivity contribution is 1.14. The summed E-state index contributed by atoms with van der Waals surface area (Å²) < 4.78 is 0. The van der Waals surface area contributed by atoms with E-state index in [2.05, 4.69) is 62.8 Å². The van der Waals surface area contributed by atoms with Gasteiger partial charge in [-0.2, -0.15) is 0 Å². The van der Waals surface area contributed by atoms with Gasteiger partial charge < -0.3 is 0 Å². The molecule has 0 aliphatic heterocycles. The standard InChI is InChI=1S/C12H16.C10H11N.C4H8/c1-4-10(3)12-8-6-11(5-2)7-9-12;1-3-5-9(2)10-6-4-7-11-8-10;1-4(2)3/h6-9H,3-5H2,1-2H3;3-8H,2H2,1H3;1H2,2-3H3/b;5-3-;. The number of allylic oxidation sites excluding steroid dienone is 5. The molecule has 0 N–H and O–H groups in total. The maximum atomic E-state index is 4.00. The minimum absolute atomic E-state index is 1.00. The highest BCUT2D eigenvalue weighted by Gasteiger charge is 1.95. The van der Waals surface area contributed by atoms with Gasteiger partial charge in [-0.1, -0.05) is 75.1 Å². The molecule has 0 bridgehead atoms.